The molecular formula is C37H72N2O2. The van der Waals surface area contributed by atoms with Crippen LogP contribution in [0.25, 0.3) is 0 Å². The molecule has 0 saturated carbocycles. The van der Waals surface area contributed by atoms with Crippen LogP contribution in [-0.2, 0) is 4.74 Å². The van der Waals surface area contributed by atoms with Crippen LogP contribution in [0.4, 0.5) is 4.79 Å². The predicted octanol–water partition coefficient (Wildman–Crippen LogP) is 11.4. The first kappa shape index (κ1) is 39.7. The smallest absolute Gasteiger partial charge is 0.407 e. The minimum absolute atomic E-state index is 0.00257. The number of carbonyl (C=O) groups is 1. The van der Waals surface area contributed by atoms with Crippen molar-refractivity contribution in [3.8, 4) is 0 Å². The Kier molecular flexibility index (Phi) is 30.6. The second kappa shape index (κ2) is 31.6. The van der Waals surface area contributed by atoms with E-state index >= 15 is 0 Å². The number of rotatable bonds is 30. The second-order valence-electron chi connectivity index (χ2n) is 12.5. The summed E-state index contributed by atoms with van der Waals surface area (Å²) in [5.41, 5.74) is 0. The number of unbranched alkanes of at least 4 members (excludes halogenated alkanes) is 15. The van der Waals surface area contributed by atoms with Crippen LogP contribution in [0.15, 0.2) is 24.3 Å². The van der Waals surface area contributed by atoms with Gasteiger partial charge in [-0.3, -0.25) is 0 Å². The first-order chi connectivity index (χ1) is 20.0. The molecule has 0 rings (SSSR count). The van der Waals surface area contributed by atoms with Gasteiger partial charge in [-0.1, -0.05) is 129 Å². The fourth-order valence-corrected chi connectivity index (χ4v) is 5.44. The van der Waals surface area contributed by atoms with E-state index in [1.54, 1.807) is 0 Å². The van der Waals surface area contributed by atoms with Crippen LogP contribution in [0.3, 0.4) is 0 Å². The predicted molar refractivity (Wildman–Crippen MR) is 182 cm³/mol. The monoisotopic (exact) mass is 577 g/mol. The van der Waals surface area contributed by atoms with E-state index in [1.807, 2.05) is 14.1 Å². The maximum Gasteiger partial charge on any atom is 0.407 e. The molecule has 0 aliphatic carbocycles. The first-order valence-corrected chi connectivity index (χ1v) is 17.9. The number of hydrogen-bond acceptors (Lipinski definition) is 3. The molecule has 0 aromatic heterocycles. The van der Waals surface area contributed by atoms with Crippen LogP contribution >= 0.6 is 0 Å². The van der Waals surface area contributed by atoms with Gasteiger partial charge in [-0.25, -0.2) is 4.79 Å². The molecule has 0 aliphatic rings. The molecule has 0 radical (unpaired) electrons. The van der Waals surface area contributed by atoms with E-state index in [2.05, 4.69) is 55.3 Å². The minimum Gasteiger partial charge on any atom is -0.446 e. The number of amides is 1. The van der Waals surface area contributed by atoms with E-state index in [-0.39, 0.29) is 12.2 Å². The largest absolute Gasteiger partial charge is 0.446 e. The molecule has 0 aromatic carbocycles. The molecule has 242 valence electrons. The molecule has 2 atom stereocenters. The van der Waals surface area contributed by atoms with Gasteiger partial charge < -0.3 is 15.0 Å². The van der Waals surface area contributed by atoms with Crippen LogP contribution in [0.5, 0.6) is 0 Å². The van der Waals surface area contributed by atoms with Crippen LogP contribution in [0.1, 0.15) is 168 Å². The molecule has 4 heteroatoms. The number of nitrogens with one attached hydrogen (secondary N) is 1. The number of hydrogen-bond donors (Lipinski definition) is 1. The zero-order valence-corrected chi connectivity index (χ0v) is 28.4. The Hall–Kier alpha value is -1.29. The third-order valence-corrected chi connectivity index (χ3v) is 8.14. The van der Waals surface area contributed by atoms with E-state index in [0.29, 0.717) is 12.5 Å². The Labute approximate surface area is 257 Å². The number of allylic oxidation sites excluding steroid dienone is 4. The normalized spacial score (nSPS) is 13.4. The summed E-state index contributed by atoms with van der Waals surface area (Å²) < 4.78 is 6.17. The molecule has 41 heavy (non-hydrogen) atoms. The van der Waals surface area contributed by atoms with Crippen LogP contribution in [0, 0.1) is 5.92 Å². The standard InChI is InChI=1S/C37H72N2O2/c1-6-9-12-15-18-20-23-25-28-31-35(30-27-24-22-19-16-13-10-7-2)36(32-29-26-21-17-14-11-8-3)41-37(40)38-33-34-39(4)5/h19,21-22,26,35-36H,6-18,20,23-25,27-34H2,1-5H3,(H,38,40)/b22-19-,26-21-. The molecule has 0 aromatic rings. The summed E-state index contributed by atoms with van der Waals surface area (Å²) in [6, 6.07) is 0. The molecule has 0 spiro atoms. The number of carbonyl (C=O) groups excluding carboxylic acids is 1. The van der Waals surface area contributed by atoms with Gasteiger partial charge in [0.2, 0.25) is 0 Å². The number of nitrogens with zero attached hydrogens (tertiary/aromatic N) is 1. The van der Waals surface area contributed by atoms with Crippen molar-refractivity contribution in [1.82, 2.24) is 10.2 Å². The van der Waals surface area contributed by atoms with Gasteiger partial charge in [-0.15, -0.1) is 0 Å². The average Bonchev–Trinajstić information content (AvgIpc) is 2.95. The molecule has 0 heterocycles. The van der Waals surface area contributed by atoms with Crippen molar-refractivity contribution < 1.29 is 9.53 Å². The first-order valence-electron chi connectivity index (χ1n) is 17.9. The molecule has 1 N–H and O–H groups in total. The Morgan fingerprint density at radius 1 is 0.610 bits per heavy atom. The lowest BCUT2D eigenvalue weighted by atomic mass is 9.87. The van der Waals surface area contributed by atoms with Gasteiger partial charge in [0.1, 0.15) is 6.10 Å². The molecule has 1 amide bonds. The Bertz CT molecular complexity index is 602. The van der Waals surface area contributed by atoms with Crippen molar-refractivity contribution >= 4 is 6.09 Å². The van der Waals surface area contributed by atoms with E-state index in [9.17, 15) is 4.79 Å². The fourth-order valence-electron chi connectivity index (χ4n) is 5.44. The van der Waals surface area contributed by atoms with Gasteiger partial charge in [-0.05, 0) is 84.2 Å². The summed E-state index contributed by atoms with van der Waals surface area (Å²) in [6.07, 6.45) is 38.0. The van der Waals surface area contributed by atoms with Gasteiger partial charge in [0.25, 0.3) is 0 Å². The molecule has 0 aliphatic heterocycles. The van der Waals surface area contributed by atoms with Gasteiger partial charge in [0.15, 0.2) is 0 Å². The van der Waals surface area contributed by atoms with Gasteiger partial charge in [0.05, 0.1) is 0 Å². The highest BCUT2D eigenvalue weighted by Gasteiger charge is 2.24. The lowest BCUT2D eigenvalue weighted by molar-refractivity contribution is 0.0486. The van der Waals surface area contributed by atoms with Crippen molar-refractivity contribution in [1.29, 1.82) is 0 Å². The van der Waals surface area contributed by atoms with E-state index in [0.717, 1.165) is 38.6 Å². The molecule has 0 bridgehead atoms. The lowest BCUT2D eigenvalue weighted by Crippen LogP contribution is -2.36. The molecular weight excluding hydrogens is 504 g/mol. The molecule has 0 saturated heterocycles. The van der Waals surface area contributed by atoms with Crippen molar-refractivity contribution in [3.05, 3.63) is 24.3 Å². The maximum absolute atomic E-state index is 12.8. The highest BCUT2D eigenvalue weighted by atomic mass is 16.6. The quantitative estimate of drug-likeness (QED) is 0.0683. The van der Waals surface area contributed by atoms with Gasteiger partial charge in [-0.2, -0.15) is 0 Å². The number of ether oxygens (including phenoxy) is 1. The Balaban J connectivity index is 5.03. The average molecular weight is 577 g/mol. The summed E-state index contributed by atoms with van der Waals surface area (Å²) in [5.74, 6) is 0.445. The molecule has 4 nitrogen and oxygen atoms in total. The van der Waals surface area contributed by atoms with E-state index < -0.39 is 0 Å². The zero-order valence-electron chi connectivity index (χ0n) is 28.4. The Morgan fingerprint density at radius 2 is 1.07 bits per heavy atom. The van der Waals surface area contributed by atoms with Crippen molar-refractivity contribution in [2.24, 2.45) is 5.92 Å². The van der Waals surface area contributed by atoms with Crippen LogP contribution in [-0.4, -0.2) is 44.3 Å². The topological polar surface area (TPSA) is 41.6 Å². The second-order valence-corrected chi connectivity index (χ2v) is 12.5. The highest BCUT2D eigenvalue weighted by Crippen LogP contribution is 2.27. The summed E-state index contributed by atoms with van der Waals surface area (Å²) in [5, 5.41) is 3.00. The summed E-state index contributed by atoms with van der Waals surface area (Å²) in [7, 11) is 4.06. The Morgan fingerprint density at radius 3 is 1.63 bits per heavy atom. The maximum atomic E-state index is 12.8. The van der Waals surface area contributed by atoms with Crippen LogP contribution < -0.4 is 5.32 Å². The van der Waals surface area contributed by atoms with Crippen LogP contribution in [0.2, 0.25) is 0 Å². The highest BCUT2D eigenvalue weighted by molar-refractivity contribution is 5.67. The van der Waals surface area contributed by atoms with Crippen molar-refractivity contribution in [2.75, 3.05) is 27.2 Å². The third kappa shape index (κ3) is 28.6. The minimum atomic E-state index is -0.239. The van der Waals surface area contributed by atoms with Gasteiger partial charge in [0, 0.05) is 13.1 Å². The lowest BCUT2D eigenvalue weighted by Gasteiger charge is -2.27. The molecule has 2 unspecified atom stereocenters. The number of likely N-dealkylation sites (N-methyl/N-ethyl adjacent to an activating group) is 1. The SMILES string of the molecule is CCCCC/C=C\CCCC(CCCCCCCCCCC)C(CC/C=C\CCCCC)OC(=O)NCCN(C)C. The van der Waals surface area contributed by atoms with E-state index in [1.165, 1.54) is 116 Å². The summed E-state index contributed by atoms with van der Waals surface area (Å²) in [4.78, 5) is 14.9. The third-order valence-electron chi connectivity index (χ3n) is 8.14. The summed E-state index contributed by atoms with van der Waals surface area (Å²) in [6.45, 7) is 8.26. The van der Waals surface area contributed by atoms with Crippen molar-refractivity contribution in [2.45, 2.75) is 175 Å². The van der Waals surface area contributed by atoms with E-state index in [4.69, 9.17) is 4.74 Å². The zero-order chi connectivity index (χ0) is 30.2. The summed E-state index contributed by atoms with van der Waals surface area (Å²) >= 11 is 0. The van der Waals surface area contributed by atoms with Gasteiger partial charge >= 0.3 is 6.09 Å². The fraction of sp³-hybridized carbons (Fsp3) is 0.865. The van der Waals surface area contributed by atoms with Crippen molar-refractivity contribution in [3.63, 3.8) is 0 Å². The molecule has 0 fully saturated rings. The number of alkyl carbamates (subject to hydrolysis) is 1.